The van der Waals surface area contributed by atoms with Crippen molar-refractivity contribution in [2.75, 3.05) is 7.11 Å². The van der Waals surface area contributed by atoms with E-state index in [2.05, 4.69) is 32.8 Å². The number of aliphatic hydroxyl groups is 1. The number of benzene rings is 4. The van der Waals surface area contributed by atoms with Crippen molar-refractivity contribution < 1.29 is 14.6 Å². The van der Waals surface area contributed by atoms with Gasteiger partial charge in [-0.25, -0.2) is 14.2 Å². The molecule has 0 spiro atoms. The van der Waals surface area contributed by atoms with E-state index in [-0.39, 0.29) is 12.6 Å². The van der Waals surface area contributed by atoms with Crippen LogP contribution in [-0.2, 0) is 24.4 Å². The molecular formula is C33H26N6O3. The highest BCUT2D eigenvalue weighted by molar-refractivity contribution is 5.99. The van der Waals surface area contributed by atoms with Gasteiger partial charge in [0, 0.05) is 22.3 Å². The lowest BCUT2D eigenvalue weighted by atomic mass is 9.89. The molecule has 206 valence electrons. The van der Waals surface area contributed by atoms with E-state index in [9.17, 15) is 9.90 Å². The molecule has 6 aromatic rings. The van der Waals surface area contributed by atoms with Gasteiger partial charge < -0.3 is 9.84 Å². The minimum Gasteiger partial charge on any atom is -0.465 e. The minimum absolute atomic E-state index is 0.00262. The third-order valence-electron chi connectivity index (χ3n) is 7.59. The normalized spacial score (nSPS) is 11.5. The van der Waals surface area contributed by atoms with Crippen LogP contribution in [-0.4, -0.2) is 48.2 Å². The number of fused-ring (bicyclic) bond motifs is 8. The van der Waals surface area contributed by atoms with Crippen molar-refractivity contribution in [3.63, 3.8) is 0 Å². The zero-order chi connectivity index (χ0) is 28.6. The largest absolute Gasteiger partial charge is 0.465 e. The van der Waals surface area contributed by atoms with E-state index in [0.29, 0.717) is 18.7 Å². The third-order valence-corrected chi connectivity index (χ3v) is 7.59. The van der Waals surface area contributed by atoms with Gasteiger partial charge in [0.15, 0.2) is 0 Å². The molecule has 0 fully saturated rings. The zero-order valence-electron chi connectivity index (χ0n) is 22.8. The number of carbonyl (C=O) groups is 1. The molecule has 1 aliphatic rings. The van der Waals surface area contributed by atoms with Gasteiger partial charge in [0.25, 0.3) is 0 Å². The lowest BCUT2D eigenvalue weighted by molar-refractivity contribution is 0.0600. The van der Waals surface area contributed by atoms with Crippen molar-refractivity contribution in [1.82, 2.24) is 30.0 Å². The summed E-state index contributed by atoms with van der Waals surface area (Å²) in [5.41, 5.74) is 10.5. The Morgan fingerprint density at radius 1 is 0.643 bits per heavy atom. The number of carbonyl (C=O) groups excluding carboxylic acids is 1. The highest BCUT2D eigenvalue weighted by Crippen LogP contribution is 2.46. The van der Waals surface area contributed by atoms with Crippen LogP contribution in [0.5, 0.6) is 0 Å². The molecule has 2 heterocycles. The van der Waals surface area contributed by atoms with Gasteiger partial charge in [0.2, 0.25) is 0 Å². The van der Waals surface area contributed by atoms with E-state index < -0.39 is 0 Å². The molecule has 9 nitrogen and oxygen atoms in total. The van der Waals surface area contributed by atoms with E-state index >= 15 is 0 Å². The van der Waals surface area contributed by atoms with E-state index in [0.717, 1.165) is 61.7 Å². The third kappa shape index (κ3) is 4.36. The lowest BCUT2D eigenvalue weighted by Crippen LogP contribution is -2.08. The topological polar surface area (TPSA) is 108 Å². The average Bonchev–Trinajstić information content (AvgIpc) is 3.64. The van der Waals surface area contributed by atoms with Crippen LogP contribution in [0.25, 0.3) is 45.0 Å². The predicted octanol–water partition coefficient (Wildman–Crippen LogP) is 5.23. The van der Waals surface area contributed by atoms with Crippen molar-refractivity contribution in [3.05, 3.63) is 119 Å². The Morgan fingerprint density at radius 3 is 1.52 bits per heavy atom. The van der Waals surface area contributed by atoms with E-state index in [4.69, 9.17) is 4.74 Å². The monoisotopic (exact) mass is 554 g/mol. The Balaban J connectivity index is 1.38. The van der Waals surface area contributed by atoms with Gasteiger partial charge in [-0.2, -0.15) is 0 Å². The number of methoxy groups -OCH3 is 1. The quantitative estimate of drug-likeness (QED) is 0.281. The maximum atomic E-state index is 11.9. The minimum atomic E-state index is -0.372. The first-order valence-corrected chi connectivity index (χ1v) is 13.6. The molecule has 9 heteroatoms. The molecule has 0 bridgehead atoms. The summed E-state index contributed by atoms with van der Waals surface area (Å²) in [4.78, 5) is 11.9. The zero-order valence-corrected chi connectivity index (χ0v) is 22.8. The van der Waals surface area contributed by atoms with Crippen molar-refractivity contribution in [2.24, 2.45) is 0 Å². The first-order valence-electron chi connectivity index (χ1n) is 13.6. The summed E-state index contributed by atoms with van der Waals surface area (Å²) in [6, 6.07) is 31.5. The fraction of sp³-hybridized carbons (Fsp3) is 0.121. The molecule has 0 amide bonds. The number of aliphatic hydroxyl groups excluding tert-OH is 1. The molecule has 1 aliphatic carbocycles. The Bertz CT molecular complexity index is 1920. The van der Waals surface area contributed by atoms with Crippen LogP contribution in [0.4, 0.5) is 0 Å². The van der Waals surface area contributed by atoms with Crippen LogP contribution in [0.15, 0.2) is 97.1 Å². The summed E-state index contributed by atoms with van der Waals surface area (Å²) in [6.45, 7) is 0.978. The molecule has 7 rings (SSSR count). The van der Waals surface area contributed by atoms with Crippen molar-refractivity contribution >= 4 is 5.97 Å². The van der Waals surface area contributed by atoms with Crippen LogP contribution in [0.1, 0.15) is 27.0 Å². The highest BCUT2D eigenvalue weighted by Gasteiger charge is 2.29. The van der Waals surface area contributed by atoms with E-state index in [1.165, 1.54) is 7.11 Å². The smallest absolute Gasteiger partial charge is 0.337 e. The predicted molar refractivity (Wildman–Crippen MR) is 157 cm³/mol. The molecular weight excluding hydrogens is 528 g/mol. The van der Waals surface area contributed by atoms with Crippen molar-refractivity contribution in [2.45, 2.75) is 19.7 Å². The second-order valence-electron chi connectivity index (χ2n) is 10.1. The highest BCUT2D eigenvalue weighted by atomic mass is 16.5. The molecule has 0 unspecified atom stereocenters. The Kier molecular flexibility index (Phi) is 6.41. The Morgan fingerprint density at radius 2 is 1.07 bits per heavy atom. The van der Waals surface area contributed by atoms with Gasteiger partial charge >= 0.3 is 5.97 Å². The van der Waals surface area contributed by atoms with Gasteiger partial charge in [-0.3, -0.25) is 0 Å². The average molecular weight is 555 g/mol. The van der Waals surface area contributed by atoms with Crippen molar-refractivity contribution in [1.29, 1.82) is 0 Å². The van der Waals surface area contributed by atoms with Crippen LogP contribution in [0.2, 0.25) is 0 Å². The van der Waals surface area contributed by atoms with Gasteiger partial charge in [-0.05, 0) is 28.8 Å². The van der Waals surface area contributed by atoms with Gasteiger partial charge in [0.05, 0.1) is 43.8 Å². The SMILES string of the molecule is COC(=O)c1ccc(Cn2nnc3c2-c2ccccc2-c2c(nnn2Cc2ccc(CO)cc2)-c2ccccc2-3)cc1. The standard InChI is InChI=1S/C33H26N6O3/c1-42-33(41)24-16-14-22(15-17-24)19-39-32-28-9-5-4-8-27(28)31-29(25-6-2-3-7-26(25)30(32)35-37-39)34-36-38(31)18-21-10-12-23(20-40)13-11-21/h2-17,40H,18-20H2,1H3. The molecule has 4 aromatic carbocycles. The maximum Gasteiger partial charge on any atom is 0.337 e. The number of rotatable bonds is 6. The molecule has 0 aliphatic heterocycles. The molecule has 0 radical (unpaired) electrons. The maximum absolute atomic E-state index is 11.9. The Hall–Kier alpha value is -5.41. The van der Waals surface area contributed by atoms with Crippen LogP contribution in [0.3, 0.4) is 0 Å². The second-order valence-corrected chi connectivity index (χ2v) is 10.1. The number of aromatic nitrogens is 6. The number of ether oxygens (including phenoxy) is 1. The van der Waals surface area contributed by atoms with Crippen LogP contribution >= 0.6 is 0 Å². The van der Waals surface area contributed by atoms with E-state index in [1.807, 2.05) is 82.2 Å². The lowest BCUT2D eigenvalue weighted by Gasteiger charge is -2.19. The number of nitrogens with zero attached hydrogens (tertiary/aromatic N) is 6. The van der Waals surface area contributed by atoms with E-state index in [1.54, 1.807) is 12.1 Å². The molecule has 0 atom stereocenters. The number of hydrogen-bond donors (Lipinski definition) is 1. The van der Waals surface area contributed by atoms with Crippen LogP contribution in [0, 0.1) is 0 Å². The second kappa shape index (κ2) is 10.5. The summed E-state index contributed by atoms with van der Waals surface area (Å²) in [6.07, 6.45) is 0. The molecule has 1 N–H and O–H groups in total. The number of esters is 1. The first-order chi connectivity index (χ1) is 20.6. The fourth-order valence-electron chi connectivity index (χ4n) is 5.50. The van der Waals surface area contributed by atoms with Crippen molar-refractivity contribution in [3.8, 4) is 45.0 Å². The molecule has 0 saturated carbocycles. The van der Waals surface area contributed by atoms with Gasteiger partial charge in [-0.1, -0.05) is 95.4 Å². The number of hydrogen-bond acceptors (Lipinski definition) is 7. The first kappa shape index (κ1) is 25.6. The fourth-order valence-corrected chi connectivity index (χ4v) is 5.50. The van der Waals surface area contributed by atoms with Gasteiger partial charge in [-0.15, -0.1) is 10.2 Å². The van der Waals surface area contributed by atoms with Crippen LogP contribution < -0.4 is 0 Å². The summed E-state index contributed by atoms with van der Waals surface area (Å²) in [5, 5.41) is 28.1. The molecule has 42 heavy (non-hydrogen) atoms. The molecule has 2 aromatic heterocycles. The molecule has 0 saturated heterocycles. The Labute approximate surface area is 241 Å². The summed E-state index contributed by atoms with van der Waals surface area (Å²) in [5.74, 6) is -0.372. The summed E-state index contributed by atoms with van der Waals surface area (Å²) < 4.78 is 8.69. The summed E-state index contributed by atoms with van der Waals surface area (Å²) in [7, 11) is 1.37. The summed E-state index contributed by atoms with van der Waals surface area (Å²) >= 11 is 0. The van der Waals surface area contributed by atoms with Gasteiger partial charge in [0.1, 0.15) is 11.4 Å².